The average Bonchev–Trinajstić information content (AvgIpc) is 2.20. The summed E-state index contributed by atoms with van der Waals surface area (Å²) in [6, 6.07) is 3.86. The van der Waals surface area contributed by atoms with Crippen LogP contribution in [0.4, 0.5) is 0 Å². The van der Waals surface area contributed by atoms with Gasteiger partial charge in [-0.1, -0.05) is 15.9 Å². The molecule has 0 aliphatic carbocycles. The van der Waals surface area contributed by atoms with Gasteiger partial charge in [-0.05, 0) is 44.0 Å². The fourth-order valence-electron chi connectivity index (χ4n) is 1.05. The van der Waals surface area contributed by atoms with Crippen molar-refractivity contribution in [3.05, 3.63) is 25.6 Å². The Bertz CT molecular complexity index is 324. The lowest BCUT2D eigenvalue weighted by Crippen LogP contribution is -2.13. The summed E-state index contributed by atoms with van der Waals surface area (Å²) in [6.07, 6.45) is 0. The van der Waals surface area contributed by atoms with Crippen LogP contribution in [0.5, 0.6) is 5.75 Å². The summed E-state index contributed by atoms with van der Waals surface area (Å²) in [7, 11) is 0. The van der Waals surface area contributed by atoms with Crippen LogP contribution < -0.4 is 10.5 Å². The molecule has 3 nitrogen and oxygen atoms in total. The van der Waals surface area contributed by atoms with Crippen LogP contribution in [0.1, 0.15) is 0 Å². The fraction of sp³-hybridized carbons (Fsp3) is 0.400. The van der Waals surface area contributed by atoms with Gasteiger partial charge in [-0.25, -0.2) is 0 Å². The number of hydrogen-bond acceptors (Lipinski definition) is 3. The third kappa shape index (κ3) is 4.71. The Kier molecular flexibility index (Phi) is 6.91. The topological polar surface area (TPSA) is 44.5 Å². The van der Waals surface area contributed by atoms with Crippen molar-refractivity contribution in [2.45, 2.75) is 0 Å². The molecule has 1 aromatic rings. The van der Waals surface area contributed by atoms with E-state index in [9.17, 15) is 0 Å². The zero-order valence-electron chi connectivity index (χ0n) is 8.51. The smallest absolute Gasteiger partial charge is 0.147 e. The van der Waals surface area contributed by atoms with Crippen molar-refractivity contribution in [3.8, 4) is 5.75 Å². The monoisotopic (exact) mass is 415 g/mol. The lowest BCUT2D eigenvalue weighted by Gasteiger charge is -2.10. The zero-order valence-corrected chi connectivity index (χ0v) is 13.3. The largest absolute Gasteiger partial charge is 0.489 e. The molecule has 0 heterocycles. The van der Waals surface area contributed by atoms with E-state index in [1.165, 1.54) is 0 Å². The highest BCUT2D eigenvalue weighted by molar-refractivity contribution is 9.11. The van der Waals surface area contributed by atoms with E-state index >= 15 is 0 Å². The van der Waals surface area contributed by atoms with E-state index in [4.69, 9.17) is 15.2 Å². The van der Waals surface area contributed by atoms with Gasteiger partial charge >= 0.3 is 0 Å². The van der Waals surface area contributed by atoms with E-state index in [2.05, 4.69) is 47.8 Å². The van der Waals surface area contributed by atoms with Crippen molar-refractivity contribution in [1.82, 2.24) is 0 Å². The van der Waals surface area contributed by atoms with Crippen LogP contribution in [0.25, 0.3) is 0 Å². The van der Waals surface area contributed by atoms with E-state index in [0.717, 1.165) is 19.2 Å². The van der Waals surface area contributed by atoms with Gasteiger partial charge in [0.25, 0.3) is 0 Å². The van der Waals surface area contributed by atoms with Crippen LogP contribution in [0.3, 0.4) is 0 Å². The molecule has 0 fully saturated rings. The molecule has 0 spiro atoms. The van der Waals surface area contributed by atoms with Crippen LogP contribution in [0.2, 0.25) is 0 Å². The number of nitrogens with two attached hydrogens (primary N) is 1. The normalized spacial score (nSPS) is 10.5. The van der Waals surface area contributed by atoms with Crippen LogP contribution in [-0.4, -0.2) is 26.4 Å². The summed E-state index contributed by atoms with van der Waals surface area (Å²) in [5.41, 5.74) is 5.30. The van der Waals surface area contributed by atoms with Crippen molar-refractivity contribution in [1.29, 1.82) is 0 Å². The van der Waals surface area contributed by atoms with E-state index < -0.39 is 0 Å². The predicted octanol–water partition coefficient (Wildman–Crippen LogP) is 3.33. The molecular formula is C10H12Br3NO2. The molecule has 0 aromatic heterocycles. The summed E-state index contributed by atoms with van der Waals surface area (Å²) in [4.78, 5) is 0. The Labute approximate surface area is 120 Å². The first-order chi connectivity index (χ1) is 7.65. The van der Waals surface area contributed by atoms with Crippen molar-refractivity contribution < 1.29 is 9.47 Å². The molecule has 2 N–H and O–H groups in total. The summed E-state index contributed by atoms with van der Waals surface area (Å²) < 4.78 is 13.6. The van der Waals surface area contributed by atoms with Gasteiger partial charge < -0.3 is 15.2 Å². The summed E-state index contributed by atoms with van der Waals surface area (Å²) in [6.45, 7) is 2.13. The molecule has 0 saturated carbocycles. The molecule has 0 amide bonds. The van der Waals surface area contributed by atoms with Gasteiger partial charge in [-0.15, -0.1) is 0 Å². The standard InChI is InChI=1S/C10H12Br3NO2/c11-7-5-8(12)10(9(13)6-7)16-4-3-15-2-1-14/h5-6H,1-4,14H2. The minimum absolute atomic E-state index is 0.499. The van der Waals surface area contributed by atoms with E-state index in [0.29, 0.717) is 26.4 Å². The first-order valence-electron chi connectivity index (χ1n) is 4.70. The maximum absolute atomic E-state index is 5.59. The first kappa shape index (κ1) is 14.4. The predicted molar refractivity (Wildman–Crippen MR) is 74.9 cm³/mol. The maximum Gasteiger partial charge on any atom is 0.147 e. The molecule has 16 heavy (non-hydrogen) atoms. The Morgan fingerprint density at radius 2 is 1.62 bits per heavy atom. The highest BCUT2D eigenvalue weighted by Crippen LogP contribution is 2.36. The number of ether oxygens (including phenoxy) is 2. The van der Waals surface area contributed by atoms with Gasteiger partial charge in [0, 0.05) is 11.0 Å². The Balaban J connectivity index is 2.47. The van der Waals surface area contributed by atoms with Gasteiger partial charge in [0.05, 0.1) is 22.2 Å². The first-order valence-corrected chi connectivity index (χ1v) is 7.08. The Morgan fingerprint density at radius 1 is 1.00 bits per heavy atom. The van der Waals surface area contributed by atoms with Crippen LogP contribution in [-0.2, 0) is 4.74 Å². The molecule has 6 heteroatoms. The number of rotatable bonds is 6. The molecule has 0 aliphatic heterocycles. The van der Waals surface area contributed by atoms with Crippen molar-refractivity contribution >= 4 is 47.8 Å². The van der Waals surface area contributed by atoms with E-state index in [1.54, 1.807) is 0 Å². The molecule has 0 bridgehead atoms. The molecule has 0 atom stereocenters. The molecule has 0 saturated heterocycles. The second-order valence-corrected chi connectivity index (χ2v) is 5.57. The van der Waals surface area contributed by atoms with Crippen molar-refractivity contribution in [2.24, 2.45) is 5.73 Å². The molecule has 0 aliphatic rings. The number of halogens is 3. The average molecular weight is 418 g/mol. The minimum Gasteiger partial charge on any atom is -0.489 e. The van der Waals surface area contributed by atoms with E-state index in [1.807, 2.05) is 12.1 Å². The molecule has 0 unspecified atom stereocenters. The number of hydrogen-bond donors (Lipinski definition) is 1. The molecule has 0 radical (unpaired) electrons. The summed E-state index contributed by atoms with van der Waals surface area (Å²) in [5, 5.41) is 0. The molecular weight excluding hydrogens is 406 g/mol. The van der Waals surface area contributed by atoms with Gasteiger partial charge in [0.1, 0.15) is 12.4 Å². The lowest BCUT2D eigenvalue weighted by atomic mass is 10.3. The van der Waals surface area contributed by atoms with Crippen molar-refractivity contribution in [3.63, 3.8) is 0 Å². The molecule has 90 valence electrons. The van der Waals surface area contributed by atoms with E-state index in [-0.39, 0.29) is 0 Å². The van der Waals surface area contributed by atoms with Crippen LogP contribution in [0.15, 0.2) is 25.6 Å². The Hall–Kier alpha value is 0.380. The highest BCUT2D eigenvalue weighted by atomic mass is 79.9. The van der Waals surface area contributed by atoms with Crippen molar-refractivity contribution in [2.75, 3.05) is 26.4 Å². The van der Waals surface area contributed by atoms with Gasteiger partial charge in [-0.2, -0.15) is 0 Å². The highest BCUT2D eigenvalue weighted by Gasteiger charge is 2.07. The van der Waals surface area contributed by atoms with Gasteiger partial charge in [0.2, 0.25) is 0 Å². The van der Waals surface area contributed by atoms with Gasteiger partial charge in [0.15, 0.2) is 0 Å². The van der Waals surface area contributed by atoms with Crippen LogP contribution >= 0.6 is 47.8 Å². The third-order valence-electron chi connectivity index (χ3n) is 1.70. The fourth-order valence-corrected chi connectivity index (χ4v) is 3.54. The maximum atomic E-state index is 5.59. The summed E-state index contributed by atoms with van der Waals surface area (Å²) >= 11 is 10.3. The SMILES string of the molecule is NCCOCCOc1c(Br)cc(Br)cc1Br. The van der Waals surface area contributed by atoms with Crippen LogP contribution in [0, 0.1) is 0 Å². The van der Waals surface area contributed by atoms with Gasteiger partial charge in [-0.3, -0.25) is 0 Å². The summed E-state index contributed by atoms with van der Waals surface area (Å²) in [5.74, 6) is 0.777. The Morgan fingerprint density at radius 3 is 2.19 bits per heavy atom. The molecule has 1 rings (SSSR count). The minimum atomic E-state index is 0.499. The second kappa shape index (κ2) is 7.66. The quantitative estimate of drug-likeness (QED) is 0.722. The molecule has 1 aromatic carbocycles. The second-order valence-electron chi connectivity index (χ2n) is 2.95. The lowest BCUT2D eigenvalue weighted by molar-refractivity contribution is 0.105. The number of benzene rings is 1. The third-order valence-corrected chi connectivity index (χ3v) is 3.34. The zero-order chi connectivity index (χ0) is 12.0.